The third-order valence-electron chi connectivity index (χ3n) is 4.09. The van der Waals surface area contributed by atoms with Crippen LogP contribution in [0.1, 0.15) is 21.7 Å². The number of halogens is 2. The molecule has 0 aliphatic rings. The molecule has 0 aliphatic carbocycles. The van der Waals surface area contributed by atoms with Crippen LogP contribution in [0, 0.1) is 5.82 Å². The lowest BCUT2D eigenvalue weighted by Gasteiger charge is -2.23. The van der Waals surface area contributed by atoms with Gasteiger partial charge in [0.1, 0.15) is 23.9 Å². The Hall–Kier alpha value is -3.05. The maximum absolute atomic E-state index is 14.3. The van der Waals surface area contributed by atoms with Crippen LogP contribution in [0.25, 0.3) is 0 Å². The summed E-state index contributed by atoms with van der Waals surface area (Å²) in [6.45, 7) is 4.18. The molecule has 1 aromatic heterocycles. The van der Waals surface area contributed by atoms with Crippen LogP contribution >= 0.6 is 11.6 Å². The second-order valence-corrected chi connectivity index (χ2v) is 6.47. The first-order valence-corrected chi connectivity index (χ1v) is 9.04. The van der Waals surface area contributed by atoms with Gasteiger partial charge < -0.3 is 14.1 Å². The van der Waals surface area contributed by atoms with E-state index in [0.717, 1.165) is 0 Å². The van der Waals surface area contributed by atoms with E-state index < -0.39 is 5.82 Å². The van der Waals surface area contributed by atoms with Gasteiger partial charge in [-0.2, -0.15) is 0 Å². The summed E-state index contributed by atoms with van der Waals surface area (Å²) in [6.07, 6.45) is 3.17. The monoisotopic (exact) mass is 399 g/mol. The summed E-state index contributed by atoms with van der Waals surface area (Å²) in [5.74, 6) is 0.488. The molecule has 0 fully saturated rings. The van der Waals surface area contributed by atoms with Crippen LogP contribution in [0.4, 0.5) is 4.39 Å². The Bertz CT molecular complexity index is 919. The molecular formula is C22H19ClFNO3. The number of carbonyl (C=O) groups is 1. The zero-order chi connectivity index (χ0) is 19.9. The normalized spacial score (nSPS) is 10.5. The number of hydrogen-bond acceptors (Lipinski definition) is 3. The highest BCUT2D eigenvalue weighted by molar-refractivity contribution is 6.31. The van der Waals surface area contributed by atoms with Gasteiger partial charge in [-0.3, -0.25) is 4.79 Å². The van der Waals surface area contributed by atoms with E-state index in [-0.39, 0.29) is 29.6 Å². The molecule has 0 atom stereocenters. The van der Waals surface area contributed by atoms with Crippen molar-refractivity contribution in [1.82, 2.24) is 4.90 Å². The van der Waals surface area contributed by atoms with Crippen LogP contribution in [0.3, 0.4) is 0 Å². The Labute approximate surface area is 167 Å². The molecule has 0 aliphatic heterocycles. The van der Waals surface area contributed by atoms with E-state index >= 15 is 0 Å². The molecule has 0 unspecified atom stereocenters. The first kappa shape index (κ1) is 19.7. The highest BCUT2D eigenvalue weighted by atomic mass is 35.5. The van der Waals surface area contributed by atoms with E-state index in [9.17, 15) is 9.18 Å². The van der Waals surface area contributed by atoms with Gasteiger partial charge >= 0.3 is 0 Å². The summed E-state index contributed by atoms with van der Waals surface area (Å²) in [4.78, 5) is 14.6. The summed E-state index contributed by atoms with van der Waals surface area (Å²) < 4.78 is 25.1. The summed E-state index contributed by atoms with van der Waals surface area (Å²) >= 11 is 6.15. The maximum Gasteiger partial charge on any atom is 0.254 e. The van der Waals surface area contributed by atoms with Crippen molar-refractivity contribution in [2.75, 3.05) is 6.61 Å². The fraction of sp³-hybridized carbons (Fsp3) is 0.136. The van der Waals surface area contributed by atoms with Crippen molar-refractivity contribution in [1.29, 1.82) is 0 Å². The lowest BCUT2D eigenvalue weighted by molar-refractivity contribution is 0.0716. The zero-order valence-electron chi connectivity index (χ0n) is 15.1. The van der Waals surface area contributed by atoms with Crippen molar-refractivity contribution in [3.63, 3.8) is 0 Å². The third-order valence-corrected chi connectivity index (χ3v) is 4.45. The fourth-order valence-corrected chi connectivity index (χ4v) is 2.92. The summed E-state index contributed by atoms with van der Waals surface area (Å²) in [6, 6.07) is 14.7. The zero-order valence-corrected chi connectivity index (χ0v) is 15.9. The van der Waals surface area contributed by atoms with Crippen LogP contribution in [-0.2, 0) is 13.1 Å². The third kappa shape index (κ3) is 4.81. The van der Waals surface area contributed by atoms with Crippen molar-refractivity contribution in [3.05, 3.63) is 101 Å². The standard InChI is InChI=1S/C22H19ClFNO3/c1-2-12-27-17-10-8-16(9-11-17)22(26)25(14-18-5-4-13-28-18)15-19-20(23)6-3-7-21(19)24/h2-11,13H,1,12,14-15H2. The van der Waals surface area contributed by atoms with Crippen LogP contribution in [0.2, 0.25) is 5.02 Å². The van der Waals surface area contributed by atoms with Crippen LogP contribution in [0.15, 0.2) is 77.9 Å². The van der Waals surface area contributed by atoms with Gasteiger partial charge in [0.05, 0.1) is 19.4 Å². The number of benzene rings is 2. The molecule has 2 aromatic carbocycles. The lowest BCUT2D eigenvalue weighted by Crippen LogP contribution is -2.30. The number of amides is 1. The van der Waals surface area contributed by atoms with Crippen molar-refractivity contribution in [2.24, 2.45) is 0 Å². The lowest BCUT2D eigenvalue weighted by atomic mass is 10.1. The van der Waals surface area contributed by atoms with Crippen molar-refractivity contribution in [3.8, 4) is 5.75 Å². The summed E-state index contributed by atoms with van der Waals surface area (Å²) in [5.41, 5.74) is 0.708. The van der Waals surface area contributed by atoms with Gasteiger partial charge in [-0.05, 0) is 48.5 Å². The molecule has 1 amide bonds. The van der Waals surface area contributed by atoms with E-state index in [2.05, 4.69) is 6.58 Å². The SMILES string of the molecule is C=CCOc1ccc(C(=O)N(Cc2ccco2)Cc2c(F)cccc2Cl)cc1. The van der Waals surface area contributed by atoms with Gasteiger partial charge in [0, 0.05) is 16.1 Å². The molecule has 0 saturated carbocycles. The maximum atomic E-state index is 14.3. The molecular weight excluding hydrogens is 381 g/mol. The quantitative estimate of drug-likeness (QED) is 0.471. The number of nitrogens with zero attached hydrogens (tertiary/aromatic N) is 1. The Kier molecular flexibility index (Phi) is 6.50. The van der Waals surface area contributed by atoms with E-state index in [0.29, 0.717) is 23.7 Å². The second kappa shape index (κ2) is 9.24. The molecule has 0 saturated heterocycles. The highest BCUT2D eigenvalue weighted by Gasteiger charge is 2.20. The average molecular weight is 400 g/mol. The van der Waals surface area contributed by atoms with E-state index in [1.807, 2.05) is 0 Å². The molecule has 6 heteroatoms. The Morgan fingerprint density at radius 2 is 1.93 bits per heavy atom. The van der Waals surface area contributed by atoms with Gasteiger partial charge in [-0.15, -0.1) is 0 Å². The van der Waals surface area contributed by atoms with E-state index in [1.54, 1.807) is 48.5 Å². The van der Waals surface area contributed by atoms with E-state index in [4.69, 9.17) is 20.8 Å². The number of hydrogen-bond donors (Lipinski definition) is 0. The van der Waals surface area contributed by atoms with E-state index in [1.165, 1.54) is 23.3 Å². The highest BCUT2D eigenvalue weighted by Crippen LogP contribution is 2.23. The number of ether oxygens (including phenoxy) is 1. The summed E-state index contributed by atoms with van der Waals surface area (Å²) in [7, 11) is 0. The Morgan fingerprint density at radius 3 is 2.57 bits per heavy atom. The van der Waals surface area contributed by atoms with Crippen molar-refractivity contribution >= 4 is 17.5 Å². The van der Waals surface area contributed by atoms with Crippen LogP contribution < -0.4 is 4.74 Å². The Morgan fingerprint density at radius 1 is 1.14 bits per heavy atom. The van der Waals surface area contributed by atoms with Crippen LogP contribution in [0.5, 0.6) is 5.75 Å². The number of furan rings is 1. The minimum atomic E-state index is -0.460. The molecule has 3 rings (SSSR count). The molecule has 0 radical (unpaired) electrons. The van der Waals surface area contributed by atoms with Crippen molar-refractivity contribution < 1.29 is 18.3 Å². The van der Waals surface area contributed by atoms with Crippen molar-refractivity contribution in [2.45, 2.75) is 13.1 Å². The van der Waals surface area contributed by atoms with Gasteiger partial charge in [-0.1, -0.05) is 30.3 Å². The molecule has 0 N–H and O–H groups in total. The second-order valence-electron chi connectivity index (χ2n) is 6.06. The smallest absolute Gasteiger partial charge is 0.254 e. The largest absolute Gasteiger partial charge is 0.490 e. The summed E-state index contributed by atoms with van der Waals surface area (Å²) in [5, 5.41) is 0.269. The molecule has 0 bridgehead atoms. The van der Waals surface area contributed by atoms with Gasteiger partial charge in [0.15, 0.2) is 0 Å². The van der Waals surface area contributed by atoms with Gasteiger partial charge in [0.2, 0.25) is 0 Å². The first-order chi connectivity index (χ1) is 13.6. The predicted molar refractivity (Wildman–Crippen MR) is 106 cm³/mol. The minimum absolute atomic E-state index is 0.0136. The minimum Gasteiger partial charge on any atom is -0.490 e. The molecule has 0 spiro atoms. The fourth-order valence-electron chi connectivity index (χ4n) is 2.70. The average Bonchev–Trinajstić information content (AvgIpc) is 3.21. The molecule has 4 nitrogen and oxygen atoms in total. The topological polar surface area (TPSA) is 42.7 Å². The van der Waals surface area contributed by atoms with Gasteiger partial charge in [0.25, 0.3) is 5.91 Å². The molecule has 3 aromatic rings. The molecule has 28 heavy (non-hydrogen) atoms. The first-order valence-electron chi connectivity index (χ1n) is 8.67. The molecule has 144 valence electrons. The number of rotatable bonds is 8. The Balaban J connectivity index is 1.85. The molecule has 1 heterocycles. The predicted octanol–water partition coefficient (Wildman–Crippen LogP) is 5.48. The number of carbonyl (C=O) groups excluding carboxylic acids is 1. The van der Waals surface area contributed by atoms with Crippen LogP contribution in [-0.4, -0.2) is 17.4 Å². The van der Waals surface area contributed by atoms with Gasteiger partial charge in [-0.25, -0.2) is 4.39 Å².